The lowest BCUT2D eigenvalue weighted by Gasteiger charge is -2.02. The first-order valence-corrected chi connectivity index (χ1v) is 5.39. The van der Waals surface area contributed by atoms with Gasteiger partial charge in [0, 0.05) is 19.2 Å². The third-order valence-electron chi connectivity index (χ3n) is 2.88. The van der Waals surface area contributed by atoms with E-state index in [1.165, 1.54) is 0 Å². The predicted octanol–water partition coefficient (Wildman–Crippen LogP) is 2.02. The van der Waals surface area contributed by atoms with Gasteiger partial charge in [0.2, 0.25) is 0 Å². The summed E-state index contributed by atoms with van der Waals surface area (Å²) in [6.45, 7) is 1.77. The fourth-order valence-corrected chi connectivity index (χ4v) is 1.78. The summed E-state index contributed by atoms with van der Waals surface area (Å²) in [4.78, 5) is 15.1. The lowest BCUT2D eigenvalue weighted by Crippen LogP contribution is -2.01. The molecule has 0 saturated heterocycles. The van der Waals surface area contributed by atoms with E-state index in [0.29, 0.717) is 12.1 Å². The van der Waals surface area contributed by atoms with Crippen LogP contribution in [0.3, 0.4) is 0 Å². The van der Waals surface area contributed by atoms with Crippen molar-refractivity contribution in [1.82, 2.24) is 9.55 Å². The Kier molecular flexibility index (Phi) is 2.95. The maximum Gasteiger partial charge on any atom is 0.356 e. The van der Waals surface area contributed by atoms with Gasteiger partial charge < -0.3 is 9.67 Å². The predicted molar refractivity (Wildman–Crippen MR) is 64.2 cm³/mol. The lowest BCUT2D eigenvalue weighted by molar-refractivity contribution is 0.0690. The van der Waals surface area contributed by atoms with Crippen LogP contribution in [-0.4, -0.2) is 20.6 Å². The van der Waals surface area contributed by atoms with Gasteiger partial charge in [0.15, 0.2) is 5.69 Å². The monoisotopic (exact) mass is 230 g/mol. The molecule has 0 bridgehead atoms. The summed E-state index contributed by atoms with van der Waals surface area (Å²) in [6.07, 6.45) is 0.644. The fraction of sp³-hybridized carbons (Fsp3) is 0.231. The Labute approximate surface area is 99.5 Å². The van der Waals surface area contributed by atoms with Gasteiger partial charge in [-0.2, -0.15) is 0 Å². The van der Waals surface area contributed by atoms with Crippen molar-refractivity contribution in [2.24, 2.45) is 7.05 Å². The molecule has 1 aromatic carbocycles. The Hall–Kier alpha value is -2.10. The second-order valence-corrected chi connectivity index (χ2v) is 3.99. The summed E-state index contributed by atoms with van der Waals surface area (Å²) in [7, 11) is 1.84. The van der Waals surface area contributed by atoms with Crippen molar-refractivity contribution >= 4 is 5.97 Å². The zero-order valence-electron chi connectivity index (χ0n) is 9.84. The number of hydrogen-bond acceptors (Lipinski definition) is 2. The number of rotatable bonds is 3. The van der Waals surface area contributed by atoms with Crippen LogP contribution in [-0.2, 0) is 13.5 Å². The number of aromatic carboxylic acids is 1. The molecule has 0 amide bonds. The molecule has 0 aliphatic carbocycles. The van der Waals surface area contributed by atoms with E-state index in [1.54, 1.807) is 6.92 Å². The van der Waals surface area contributed by atoms with Gasteiger partial charge in [0.25, 0.3) is 0 Å². The molecule has 1 N–H and O–H groups in total. The average molecular weight is 230 g/mol. The first-order valence-electron chi connectivity index (χ1n) is 5.39. The smallest absolute Gasteiger partial charge is 0.356 e. The van der Waals surface area contributed by atoms with E-state index < -0.39 is 5.97 Å². The van der Waals surface area contributed by atoms with Crippen molar-refractivity contribution in [2.45, 2.75) is 13.3 Å². The molecule has 4 heteroatoms. The summed E-state index contributed by atoms with van der Waals surface area (Å²) < 4.78 is 1.83. The average Bonchev–Trinajstić information content (AvgIpc) is 2.59. The number of aromatic nitrogens is 2. The van der Waals surface area contributed by atoms with Crippen molar-refractivity contribution in [3.8, 4) is 0 Å². The minimum Gasteiger partial charge on any atom is -0.476 e. The van der Waals surface area contributed by atoms with Gasteiger partial charge in [0.1, 0.15) is 5.82 Å². The molecule has 88 valence electrons. The number of carboxylic acids is 1. The van der Waals surface area contributed by atoms with E-state index in [0.717, 1.165) is 11.4 Å². The molecule has 0 fully saturated rings. The molecular formula is C13H14N2O2. The number of imidazole rings is 1. The molecule has 0 radical (unpaired) electrons. The van der Waals surface area contributed by atoms with E-state index in [1.807, 2.05) is 41.9 Å². The van der Waals surface area contributed by atoms with Gasteiger partial charge in [-0.05, 0) is 12.5 Å². The third-order valence-corrected chi connectivity index (χ3v) is 2.88. The standard InChI is InChI=1S/C13H14N2O2/c1-9-12(13(16)17)14-11(15(9)2)8-10-6-4-3-5-7-10/h3-7H,8H2,1-2H3,(H,16,17). The number of hydrogen-bond donors (Lipinski definition) is 1. The largest absolute Gasteiger partial charge is 0.476 e. The Morgan fingerprint density at radius 2 is 2.00 bits per heavy atom. The highest BCUT2D eigenvalue weighted by atomic mass is 16.4. The number of nitrogens with zero attached hydrogens (tertiary/aromatic N) is 2. The van der Waals surface area contributed by atoms with Crippen LogP contribution < -0.4 is 0 Å². The van der Waals surface area contributed by atoms with Crippen molar-refractivity contribution in [3.63, 3.8) is 0 Å². The highest BCUT2D eigenvalue weighted by Gasteiger charge is 2.16. The first-order chi connectivity index (χ1) is 8.09. The zero-order chi connectivity index (χ0) is 12.4. The Morgan fingerprint density at radius 3 is 2.53 bits per heavy atom. The molecule has 17 heavy (non-hydrogen) atoms. The van der Waals surface area contributed by atoms with Gasteiger partial charge >= 0.3 is 5.97 Å². The number of carboxylic acid groups (broad SMARTS) is 1. The summed E-state index contributed by atoms with van der Waals surface area (Å²) >= 11 is 0. The van der Waals surface area contributed by atoms with Crippen molar-refractivity contribution in [2.75, 3.05) is 0 Å². The van der Waals surface area contributed by atoms with Crippen LogP contribution >= 0.6 is 0 Å². The summed E-state index contributed by atoms with van der Waals surface area (Å²) in [5.41, 5.74) is 1.94. The minimum atomic E-state index is -0.975. The van der Waals surface area contributed by atoms with E-state index in [2.05, 4.69) is 4.98 Å². The minimum absolute atomic E-state index is 0.137. The van der Waals surface area contributed by atoms with Crippen LogP contribution in [0.1, 0.15) is 27.6 Å². The molecule has 0 aliphatic heterocycles. The molecule has 0 unspecified atom stereocenters. The van der Waals surface area contributed by atoms with Gasteiger partial charge in [-0.25, -0.2) is 9.78 Å². The second kappa shape index (κ2) is 4.41. The maximum absolute atomic E-state index is 11.0. The van der Waals surface area contributed by atoms with E-state index in [4.69, 9.17) is 5.11 Å². The normalized spacial score (nSPS) is 10.5. The maximum atomic E-state index is 11.0. The van der Waals surface area contributed by atoms with Crippen LogP contribution in [0.4, 0.5) is 0 Å². The zero-order valence-corrected chi connectivity index (χ0v) is 9.84. The second-order valence-electron chi connectivity index (χ2n) is 3.99. The molecule has 4 nitrogen and oxygen atoms in total. The van der Waals surface area contributed by atoms with Crippen LogP contribution in [0.15, 0.2) is 30.3 Å². The van der Waals surface area contributed by atoms with Gasteiger partial charge in [-0.15, -0.1) is 0 Å². The summed E-state index contributed by atoms with van der Waals surface area (Å²) in [5.74, 6) is -0.205. The van der Waals surface area contributed by atoms with Gasteiger partial charge in [0.05, 0.1) is 0 Å². The summed E-state index contributed by atoms with van der Waals surface area (Å²) in [6, 6.07) is 9.89. The number of carbonyl (C=O) groups is 1. The van der Waals surface area contributed by atoms with E-state index in [9.17, 15) is 4.79 Å². The fourth-order valence-electron chi connectivity index (χ4n) is 1.78. The van der Waals surface area contributed by atoms with Crippen molar-refractivity contribution in [1.29, 1.82) is 0 Å². The highest BCUT2D eigenvalue weighted by molar-refractivity contribution is 5.86. The molecule has 1 aromatic heterocycles. The Morgan fingerprint density at radius 1 is 1.35 bits per heavy atom. The first kappa shape index (κ1) is 11.4. The van der Waals surface area contributed by atoms with Gasteiger partial charge in [-0.3, -0.25) is 0 Å². The molecule has 0 saturated carbocycles. The molecular weight excluding hydrogens is 216 g/mol. The Bertz CT molecular complexity index is 544. The molecule has 0 atom stereocenters. The van der Waals surface area contributed by atoms with Gasteiger partial charge in [-0.1, -0.05) is 30.3 Å². The quantitative estimate of drug-likeness (QED) is 0.877. The molecule has 2 aromatic rings. The lowest BCUT2D eigenvalue weighted by atomic mass is 10.1. The molecule has 2 rings (SSSR count). The van der Waals surface area contributed by atoms with Crippen LogP contribution in [0, 0.1) is 6.92 Å². The SMILES string of the molecule is Cc1c(C(=O)O)nc(Cc2ccccc2)n1C. The number of benzene rings is 1. The van der Waals surface area contributed by atoms with Crippen molar-refractivity contribution < 1.29 is 9.90 Å². The third kappa shape index (κ3) is 2.20. The van der Waals surface area contributed by atoms with Crippen LogP contribution in [0.2, 0.25) is 0 Å². The van der Waals surface area contributed by atoms with E-state index in [-0.39, 0.29) is 5.69 Å². The Balaban J connectivity index is 2.34. The molecule has 0 spiro atoms. The topological polar surface area (TPSA) is 55.1 Å². The van der Waals surface area contributed by atoms with Crippen molar-refractivity contribution in [3.05, 3.63) is 53.1 Å². The molecule has 0 aliphatic rings. The van der Waals surface area contributed by atoms with Crippen LogP contribution in [0.5, 0.6) is 0 Å². The summed E-state index contributed by atoms with van der Waals surface area (Å²) in [5, 5.41) is 8.99. The molecule has 1 heterocycles. The highest BCUT2D eigenvalue weighted by Crippen LogP contribution is 2.13. The van der Waals surface area contributed by atoms with Crippen LogP contribution in [0.25, 0.3) is 0 Å². The van der Waals surface area contributed by atoms with E-state index >= 15 is 0 Å².